The van der Waals surface area contributed by atoms with Gasteiger partial charge in [0.25, 0.3) is 0 Å². The van der Waals surface area contributed by atoms with Gasteiger partial charge in [-0.15, -0.1) is 0 Å². The number of fused-ring (bicyclic) bond motifs is 2. The molecule has 1 aromatic heterocycles. The lowest BCUT2D eigenvalue weighted by Gasteiger charge is -2.27. The Morgan fingerprint density at radius 2 is 1.87 bits per heavy atom. The van der Waals surface area contributed by atoms with Gasteiger partial charge in [-0.3, -0.25) is 4.79 Å². The number of para-hydroxylation sites is 2. The van der Waals surface area contributed by atoms with Crippen molar-refractivity contribution in [1.29, 1.82) is 0 Å². The smallest absolute Gasteiger partial charge is 0.304 e. The Balaban J connectivity index is 1.94. The molecule has 4 heteroatoms. The summed E-state index contributed by atoms with van der Waals surface area (Å²) in [6, 6.07) is 19.4. The average molecular weight is 305 g/mol. The molecule has 0 bridgehead atoms. The average Bonchev–Trinajstić information content (AvgIpc) is 2.94. The Hall–Kier alpha value is -2.88. The van der Waals surface area contributed by atoms with E-state index in [9.17, 15) is 4.79 Å². The number of rotatable bonds is 2. The SMILES string of the molecule is CC(=O)OC1(c2ccc3ccccc3n2)COc2ccccc21. The van der Waals surface area contributed by atoms with Gasteiger partial charge in [0.2, 0.25) is 5.60 Å². The van der Waals surface area contributed by atoms with E-state index in [-0.39, 0.29) is 12.6 Å². The van der Waals surface area contributed by atoms with Gasteiger partial charge in [0.05, 0.1) is 11.2 Å². The highest BCUT2D eigenvalue weighted by Crippen LogP contribution is 2.44. The lowest BCUT2D eigenvalue weighted by Crippen LogP contribution is -2.35. The van der Waals surface area contributed by atoms with Crippen LogP contribution < -0.4 is 4.74 Å². The summed E-state index contributed by atoms with van der Waals surface area (Å²) < 4.78 is 11.5. The summed E-state index contributed by atoms with van der Waals surface area (Å²) in [6.45, 7) is 1.64. The molecule has 0 radical (unpaired) electrons. The third kappa shape index (κ3) is 2.14. The fourth-order valence-corrected chi connectivity index (χ4v) is 3.07. The standard InChI is InChI=1S/C19H15NO3/c1-13(21)23-19(12-22-17-9-5-3-7-15(17)19)18-11-10-14-6-2-4-8-16(14)20-18/h2-11H,12H2,1H3. The molecule has 1 atom stereocenters. The van der Waals surface area contributed by atoms with Gasteiger partial charge in [0.1, 0.15) is 12.4 Å². The summed E-state index contributed by atoms with van der Waals surface area (Å²) in [7, 11) is 0. The minimum atomic E-state index is -0.994. The van der Waals surface area contributed by atoms with Crippen molar-refractivity contribution in [2.75, 3.05) is 6.61 Å². The van der Waals surface area contributed by atoms with E-state index < -0.39 is 5.60 Å². The Kier molecular flexibility index (Phi) is 3.05. The third-order valence-corrected chi connectivity index (χ3v) is 4.08. The van der Waals surface area contributed by atoms with Crippen molar-refractivity contribution >= 4 is 16.9 Å². The van der Waals surface area contributed by atoms with Gasteiger partial charge in [-0.05, 0) is 18.2 Å². The third-order valence-electron chi connectivity index (χ3n) is 4.08. The van der Waals surface area contributed by atoms with Crippen LogP contribution in [0.4, 0.5) is 0 Å². The molecule has 1 aliphatic heterocycles. The molecule has 0 N–H and O–H groups in total. The fraction of sp³-hybridized carbons (Fsp3) is 0.158. The number of nitrogens with zero attached hydrogens (tertiary/aromatic N) is 1. The number of hydrogen-bond acceptors (Lipinski definition) is 4. The van der Waals surface area contributed by atoms with Crippen molar-refractivity contribution in [3.63, 3.8) is 0 Å². The van der Waals surface area contributed by atoms with Crippen LogP contribution in [0.2, 0.25) is 0 Å². The highest BCUT2D eigenvalue weighted by atomic mass is 16.6. The van der Waals surface area contributed by atoms with Crippen molar-refractivity contribution in [1.82, 2.24) is 4.98 Å². The number of ether oxygens (including phenoxy) is 2. The van der Waals surface area contributed by atoms with Crippen molar-refractivity contribution < 1.29 is 14.3 Å². The van der Waals surface area contributed by atoms with Crippen LogP contribution >= 0.6 is 0 Å². The normalized spacial score (nSPS) is 19.2. The Bertz CT molecular complexity index is 906. The van der Waals surface area contributed by atoms with Crippen LogP contribution in [0.1, 0.15) is 18.2 Å². The topological polar surface area (TPSA) is 48.4 Å². The van der Waals surface area contributed by atoms with Gasteiger partial charge in [0, 0.05) is 17.9 Å². The summed E-state index contributed by atoms with van der Waals surface area (Å²) in [5, 5.41) is 1.04. The molecule has 0 saturated carbocycles. The molecule has 0 spiro atoms. The second-order valence-electron chi connectivity index (χ2n) is 5.59. The molecule has 114 valence electrons. The Labute approximate surface area is 133 Å². The number of hydrogen-bond donors (Lipinski definition) is 0. The van der Waals surface area contributed by atoms with E-state index in [0.717, 1.165) is 22.2 Å². The monoisotopic (exact) mass is 305 g/mol. The molecule has 4 nitrogen and oxygen atoms in total. The van der Waals surface area contributed by atoms with E-state index in [1.54, 1.807) is 0 Å². The Morgan fingerprint density at radius 3 is 2.74 bits per heavy atom. The summed E-state index contributed by atoms with van der Waals surface area (Å²) in [6.07, 6.45) is 0. The largest absolute Gasteiger partial charge is 0.488 e. The maximum Gasteiger partial charge on any atom is 0.304 e. The second kappa shape index (κ2) is 5.09. The zero-order valence-electron chi connectivity index (χ0n) is 12.7. The summed E-state index contributed by atoms with van der Waals surface area (Å²) in [5.41, 5.74) is 1.38. The van der Waals surface area contributed by atoms with Gasteiger partial charge < -0.3 is 9.47 Å². The maximum absolute atomic E-state index is 11.7. The molecule has 1 aliphatic rings. The van der Waals surface area contributed by atoms with E-state index in [1.807, 2.05) is 60.7 Å². The fourth-order valence-electron chi connectivity index (χ4n) is 3.07. The maximum atomic E-state index is 11.7. The number of benzene rings is 2. The molecule has 0 saturated heterocycles. The van der Waals surface area contributed by atoms with Gasteiger partial charge >= 0.3 is 5.97 Å². The zero-order valence-corrected chi connectivity index (χ0v) is 12.7. The highest BCUT2D eigenvalue weighted by molar-refractivity contribution is 5.79. The number of aromatic nitrogens is 1. The van der Waals surface area contributed by atoms with Crippen molar-refractivity contribution in [2.45, 2.75) is 12.5 Å². The molecule has 0 fully saturated rings. The number of esters is 1. The minimum Gasteiger partial charge on any atom is -0.488 e. The number of carbonyl (C=O) groups is 1. The molecule has 0 amide bonds. The number of pyridine rings is 1. The second-order valence-corrected chi connectivity index (χ2v) is 5.59. The first-order valence-corrected chi connectivity index (χ1v) is 7.47. The van der Waals surface area contributed by atoms with Crippen LogP contribution in [0.3, 0.4) is 0 Å². The molecular formula is C19H15NO3. The first-order chi connectivity index (χ1) is 11.2. The van der Waals surface area contributed by atoms with Crippen LogP contribution in [0.25, 0.3) is 10.9 Å². The van der Waals surface area contributed by atoms with Crippen LogP contribution in [-0.2, 0) is 15.1 Å². The molecule has 0 aliphatic carbocycles. The summed E-state index contributed by atoms with van der Waals surface area (Å²) >= 11 is 0. The predicted molar refractivity (Wildman–Crippen MR) is 86.2 cm³/mol. The van der Waals surface area contributed by atoms with E-state index in [1.165, 1.54) is 6.92 Å². The molecule has 4 rings (SSSR count). The van der Waals surface area contributed by atoms with Crippen LogP contribution in [0.15, 0.2) is 60.7 Å². The van der Waals surface area contributed by atoms with Crippen LogP contribution in [0.5, 0.6) is 5.75 Å². The molecule has 2 aromatic carbocycles. The summed E-state index contributed by atoms with van der Waals surface area (Å²) in [5.74, 6) is 0.365. The lowest BCUT2D eigenvalue weighted by molar-refractivity contribution is -0.155. The first-order valence-electron chi connectivity index (χ1n) is 7.47. The van der Waals surface area contributed by atoms with E-state index in [4.69, 9.17) is 14.5 Å². The molecule has 3 aromatic rings. The molecule has 2 heterocycles. The first kappa shape index (κ1) is 13.8. The molecule has 1 unspecified atom stereocenters. The number of carbonyl (C=O) groups excluding carboxylic acids is 1. The van der Waals surface area contributed by atoms with Crippen LogP contribution in [-0.4, -0.2) is 17.6 Å². The van der Waals surface area contributed by atoms with E-state index >= 15 is 0 Å². The van der Waals surface area contributed by atoms with Gasteiger partial charge in [-0.1, -0.05) is 42.5 Å². The lowest BCUT2D eigenvalue weighted by atomic mass is 9.91. The van der Waals surface area contributed by atoms with Crippen LogP contribution in [0, 0.1) is 0 Å². The Morgan fingerprint density at radius 1 is 1.09 bits per heavy atom. The van der Waals surface area contributed by atoms with Gasteiger partial charge in [0.15, 0.2) is 0 Å². The predicted octanol–water partition coefficient (Wildman–Crippen LogP) is 3.43. The van der Waals surface area contributed by atoms with Crippen molar-refractivity contribution in [3.8, 4) is 5.75 Å². The molecular weight excluding hydrogens is 290 g/mol. The quantitative estimate of drug-likeness (QED) is 0.681. The minimum absolute atomic E-state index is 0.233. The van der Waals surface area contributed by atoms with E-state index in [0.29, 0.717) is 5.69 Å². The van der Waals surface area contributed by atoms with Gasteiger partial charge in [-0.2, -0.15) is 0 Å². The summed E-state index contributed by atoms with van der Waals surface area (Å²) in [4.78, 5) is 16.5. The highest BCUT2D eigenvalue weighted by Gasteiger charge is 2.46. The van der Waals surface area contributed by atoms with Gasteiger partial charge in [-0.25, -0.2) is 4.98 Å². The van der Waals surface area contributed by atoms with E-state index in [2.05, 4.69) is 0 Å². The zero-order chi connectivity index (χ0) is 15.9. The van der Waals surface area contributed by atoms with Crippen molar-refractivity contribution in [2.24, 2.45) is 0 Å². The molecule has 23 heavy (non-hydrogen) atoms. The van der Waals surface area contributed by atoms with Crippen molar-refractivity contribution in [3.05, 3.63) is 71.9 Å².